The minimum absolute atomic E-state index is 0.223. The molecule has 5 heteroatoms. The van der Waals surface area contributed by atoms with Gasteiger partial charge in [0, 0.05) is 22.0 Å². The topological polar surface area (TPSA) is 42.2 Å². The van der Waals surface area contributed by atoms with Crippen molar-refractivity contribution in [1.29, 1.82) is 0 Å². The van der Waals surface area contributed by atoms with Gasteiger partial charge in [0.25, 0.3) is 0 Å². The Hall–Kier alpha value is -2.76. The number of hydrogen-bond acceptors (Lipinski definition) is 3. The molecule has 0 saturated carbocycles. The summed E-state index contributed by atoms with van der Waals surface area (Å²) in [7, 11) is -0.994. The molecular weight excluding hydrogens is 397 g/mol. The monoisotopic (exact) mass is 421 g/mol. The van der Waals surface area contributed by atoms with E-state index in [4.69, 9.17) is 4.42 Å². The molecular formula is C25H24FNO2S. The highest BCUT2D eigenvalue weighted by molar-refractivity contribution is 7.84. The van der Waals surface area contributed by atoms with E-state index in [2.05, 4.69) is 18.3 Å². The number of benzene rings is 2. The summed E-state index contributed by atoms with van der Waals surface area (Å²) in [6.07, 6.45) is 6.27. The molecule has 0 aliphatic heterocycles. The van der Waals surface area contributed by atoms with Crippen LogP contribution in [0.15, 0.2) is 75.7 Å². The van der Waals surface area contributed by atoms with Crippen LogP contribution in [0.5, 0.6) is 0 Å². The lowest BCUT2D eigenvalue weighted by Crippen LogP contribution is -2.14. The molecule has 0 amide bonds. The second kappa shape index (κ2) is 8.94. The van der Waals surface area contributed by atoms with Gasteiger partial charge in [-0.3, -0.25) is 4.21 Å². The fourth-order valence-corrected chi connectivity index (χ4v) is 4.36. The van der Waals surface area contributed by atoms with Gasteiger partial charge in [0.05, 0.1) is 12.8 Å². The van der Waals surface area contributed by atoms with Gasteiger partial charge in [-0.1, -0.05) is 18.2 Å². The van der Waals surface area contributed by atoms with E-state index in [1.807, 2.05) is 42.5 Å². The quantitative estimate of drug-likeness (QED) is 0.500. The molecule has 1 heterocycles. The van der Waals surface area contributed by atoms with Crippen LogP contribution in [0, 0.1) is 5.82 Å². The van der Waals surface area contributed by atoms with Gasteiger partial charge in [-0.15, -0.1) is 0 Å². The Morgan fingerprint density at radius 3 is 2.60 bits per heavy atom. The standard InChI is InChI=1S/C25H24FNO2S/c1-17-22(11-12-27-16-20-4-3-13-29-20)25-15-19(26)7-10-23(25)24(17)14-18-5-8-21(9-6-18)30(2)28/h3-10,13-15,27H,11-12,16H2,1-2H3. The van der Waals surface area contributed by atoms with Crippen molar-refractivity contribution < 1.29 is 13.0 Å². The fraction of sp³-hybridized carbons (Fsp3) is 0.200. The number of rotatable bonds is 7. The van der Waals surface area contributed by atoms with E-state index in [1.165, 1.54) is 11.6 Å². The van der Waals surface area contributed by atoms with Crippen LogP contribution < -0.4 is 5.32 Å². The summed E-state index contributed by atoms with van der Waals surface area (Å²) in [6, 6.07) is 16.6. The first-order valence-electron chi connectivity index (χ1n) is 9.91. The average Bonchev–Trinajstić information content (AvgIpc) is 3.33. The lowest BCUT2D eigenvalue weighted by molar-refractivity contribution is 0.485. The van der Waals surface area contributed by atoms with Gasteiger partial charge in [0.1, 0.15) is 11.6 Å². The summed E-state index contributed by atoms with van der Waals surface area (Å²) < 4.78 is 31.0. The summed E-state index contributed by atoms with van der Waals surface area (Å²) >= 11 is 0. The van der Waals surface area contributed by atoms with Crippen molar-refractivity contribution >= 4 is 28.0 Å². The highest BCUT2D eigenvalue weighted by atomic mass is 32.2. The first-order chi connectivity index (χ1) is 14.5. The van der Waals surface area contributed by atoms with Crippen LogP contribution in [-0.4, -0.2) is 17.0 Å². The Morgan fingerprint density at radius 2 is 1.90 bits per heavy atom. The van der Waals surface area contributed by atoms with Crippen LogP contribution in [0.3, 0.4) is 0 Å². The molecule has 0 spiro atoms. The zero-order chi connectivity index (χ0) is 21.1. The maximum Gasteiger partial charge on any atom is 0.123 e. The summed E-state index contributed by atoms with van der Waals surface area (Å²) in [5.74, 6) is 0.675. The van der Waals surface area contributed by atoms with Gasteiger partial charge >= 0.3 is 0 Å². The van der Waals surface area contributed by atoms with Crippen LogP contribution >= 0.6 is 0 Å². The van der Waals surface area contributed by atoms with E-state index in [9.17, 15) is 8.60 Å². The molecule has 1 aromatic heterocycles. The fourth-order valence-electron chi connectivity index (χ4n) is 3.84. The van der Waals surface area contributed by atoms with Gasteiger partial charge in [0.15, 0.2) is 0 Å². The molecule has 1 unspecified atom stereocenters. The minimum Gasteiger partial charge on any atom is -0.468 e. The van der Waals surface area contributed by atoms with Crippen LogP contribution in [0.1, 0.15) is 35.8 Å². The second-order valence-electron chi connectivity index (χ2n) is 7.38. The predicted octanol–water partition coefficient (Wildman–Crippen LogP) is 5.66. The molecule has 4 rings (SSSR count). The van der Waals surface area contributed by atoms with E-state index >= 15 is 0 Å². The number of allylic oxidation sites excluding steroid dienone is 2. The minimum atomic E-state index is -0.994. The molecule has 1 atom stereocenters. The van der Waals surface area contributed by atoms with Crippen molar-refractivity contribution in [2.45, 2.75) is 24.8 Å². The number of halogens is 1. The molecule has 3 nitrogen and oxygen atoms in total. The molecule has 0 radical (unpaired) electrons. The van der Waals surface area contributed by atoms with Crippen molar-refractivity contribution in [1.82, 2.24) is 5.32 Å². The largest absolute Gasteiger partial charge is 0.468 e. The Kier molecular flexibility index (Phi) is 6.11. The summed E-state index contributed by atoms with van der Waals surface area (Å²) in [5, 5.41) is 3.39. The molecule has 0 fully saturated rings. The first-order valence-corrected chi connectivity index (χ1v) is 11.5. The van der Waals surface area contributed by atoms with E-state index in [-0.39, 0.29) is 5.82 Å². The second-order valence-corrected chi connectivity index (χ2v) is 8.76. The Labute approximate surface area is 178 Å². The third-order valence-electron chi connectivity index (χ3n) is 5.41. The summed E-state index contributed by atoms with van der Waals surface area (Å²) in [4.78, 5) is 0.807. The SMILES string of the molecule is CC1=C(CCNCc2ccco2)c2cc(F)ccc2C1=Cc1ccc(S(C)=O)cc1. The van der Waals surface area contributed by atoms with Crippen molar-refractivity contribution in [3.8, 4) is 0 Å². The molecule has 0 bridgehead atoms. The van der Waals surface area contributed by atoms with E-state index in [1.54, 1.807) is 18.6 Å². The average molecular weight is 422 g/mol. The van der Waals surface area contributed by atoms with Crippen molar-refractivity contribution in [2.75, 3.05) is 12.8 Å². The van der Waals surface area contributed by atoms with Gasteiger partial charge in [-0.2, -0.15) is 0 Å². The van der Waals surface area contributed by atoms with Crippen molar-refractivity contribution in [3.63, 3.8) is 0 Å². The van der Waals surface area contributed by atoms with Crippen molar-refractivity contribution in [2.24, 2.45) is 0 Å². The molecule has 1 N–H and O–H groups in total. The molecule has 3 aromatic rings. The molecule has 154 valence electrons. The molecule has 30 heavy (non-hydrogen) atoms. The highest BCUT2D eigenvalue weighted by Crippen LogP contribution is 2.43. The van der Waals surface area contributed by atoms with E-state index in [0.717, 1.165) is 51.5 Å². The smallest absolute Gasteiger partial charge is 0.123 e. The zero-order valence-corrected chi connectivity index (χ0v) is 17.9. The lowest BCUT2D eigenvalue weighted by atomic mass is 10.0. The number of furan rings is 1. The Morgan fingerprint density at radius 1 is 1.10 bits per heavy atom. The van der Waals surface area contributed by atoms with Gasteiger partial charge in [-0.05, 0) is 95.8 Å². The lowest BCUT2D eigenvalue weighted by Gasteiger charge is -2.07. The zero-order valence-electron chi connectivity index (χ0n) is 17.1. The molecule has 0 saturated heterocycles. The summed E-state index contributed by atoms with van der Waals surface area (Å²) in [6.45, 7) is 3.54. The summed E-state index contributed by atoms with van der Waals surface area (Å²) in [5.41, 5.74) is 6.48. The van der Waals surface area contributed by atoms with E-state index < -0.39 is 10.8 Å². The van der Waals surface area contributed by atoms with Gasteiger partial charge in [-0.25, -0.2) is 4.39 Å². The normalized spacial score (nSPS) is 15.6. The van der Waals surface area contributed by atoms with Crippen LogP contribution in [-0.2, 0) is 17.3 Å². The third-order valence-corrected chi connectivity index (χ3v) is 6.34. The van der Waals surface area contributed by atoms with Crippen LogP contribution in [0.2, 0.25) is 0 Å². The number of nitrogens with one attached hydrogen (secondary N) is 1. The molecule has 2 aromatic carbocycles. The van der Waals surface area contributed by atoms with Crippen LogP contribution in [0.4, 0.5) is 4.39 Å². The van der Waals surface area contributed by atoms with E-state index in [0.29, 0.717) is 6.54 Å². The highest BCUT2D eigenvalue weighted by Gasteiger charge is 2.23. The number of fused-ring (bicyclic) bond motifs is 1. The maximum atomic E-state index is 14.0. The predicted molar refractivity (Wildman–Crippen MR) is 121 cm³/mol. The maximum absolute atomic E-state index is 14.0. The van der Waals surface area contributed by atoms with Gasteiger partial charge < -0.3 is 9.73 Å². The number of hydrogen-bond donors (Lipinski definition) is 1. The van der Waals surface area contributed by atoms with Gasteiger partial charge in [0.2, 0.25) is 0 Å². The van der Waals surface area contributed by atoms with Crippen LogP contribution in [0.25, 0.3) is 17.2 Å². The van der Waals surface area contributed by atoms with Crippen molar-refractivity contribution in [3.05, 3.63) is 94.7 Å². The third kappa shape index (κ3) is 4.37. The molecule has 1 aliphatic carbocycles. The Balaban J connectivity index is 1.59. The first kappa shape index (κ1) is 20.5. The molecule has 1 aliphatic rings. The Bertz CT molecular complexity index is 1130.